The fraction of sp³-hybridized carbons (Fsp3) is 0.333. The normalized spacial score (nSPS) is 12.6. The topological polar surface area (TPSA) is 53.6 Å². The molecule has 2 aromatic rings. The Morgan fingerprint density at radius 3 is 2.89 bits per heavy atom. The lowest BCUT2D eigenvalue weighted by molar-refractivity contribution is 0.535. The Balaban J connectivity index is 2.21. The summed E-state index contributed by atoms with van der Waals surface area (Å²) in [7, 11) is 0. The van der Waals surface area contributed by atoms with Gasteiger partial charge in [0.15, 0.2) is 0 Å². The first kappa shape index (κ1) is 13.3. The third-order valence-corrected chi connectivity index (χ3v) is 3.55. The van der Waals surface area contributed by atoms with Crippen LogP contribution < -0.4 is 5.32 Å². The molecule has 0 bridgehead atoms. The van der Waals surface area contributed by atoms with Gasteiger partial charge < -0.3 is 5.32 Å². The third-order valence-electron chi connectivity index (χ3n) is 2.70. The van der Waals surface area contributed by atoms with E-state index in [2.05, 4.69) is 20.7 Å². The van der Waals surface area contributed by atoms with Crippen molar-refractivity contribution >= 4 is 23.2 Å². The molecule has 0 aliphatic rings. The molecule has 96 valence electrons. The third kappa shape index (κ3) is 3.02. The van der Waals surface area contributed by atoms with Crippen LogP contribution in [-0.2, 0) is 6.42 Å². The van der Waals surface area contributed by atoms with Crippen LogP contribution in [0.1, 0.15) is 24.2 Å². The van der Waals surface area contributed by atoms with Gasteiger partial charge in [-0.1, -0.05) is 42.3 Å². The van der Waals surface area contributed by atoms with Crippen LogP contribution in [0.15, 0.2) is 24.4 Å². The minimum Gasteiger partial charge on any atom is -0.309 e. The van der Waals surface area contributed by atoms with Crippen molar-refractivity contribution in [2.24, 2.45) is 0 Å². The quantitative estimate of drug-likeness (QED) is 0.888. The lowest BCUT2D eigenvalue weighted by atomic mass is 10.0. The predicted molar refractivity (Wildman–Crippen MR) is 73.0 cm³/mol. The summed E-state index contributed by atoms with van der Waals surface area (Å²) in [5.41, 5.74) is 1.87. The van der Waals surface area contributed by atoms with Gasteiger partial charge in [0.2, 0.25) is 0 Å². The molecule has 18 heavy (non-hydrogen) atoms. The molecule has 0 saturated heterocycles. The number of nitrogens with one attached hydrogen (secondary N) is 2. The highest BCUT2D eigenvalue weighted by molar-refractivity contribution is 6.42. The number of likely N-dealkylation sites (N-methyl/N-ethyl adjacent to an activating group) is 1. The molecular weight excluding hydrogens is 271 g/mol. The zero-order valence-electron chi connectivity index (χ0n) is 9.95. The largest absolute Gasteiger partial charge is 0.309 e. The zero-order chi connectivity index (χ0) is 13.0. The second kappa shape index (κ2) is 6.18. The van der Waals surface area contributed by atoms with Crippen LogP contribution in [0.3, 0.4) is 0 Å². The number of halogens is 2. The average Bonchev–Trinajstić information content (AvgIpc) is 2.88. The Bertz CT molecular complexity index is 499. The van der Waals surface area contributed by atoms with Crippen LogP contribution in [0.5, 0.6) is 0 Å². The maximum Gasteiger partial charge on any atom is 0.0997 e. The van der Waals surface area contributed by atoms with Gasteiger partial charge in [-0.2, -0.15) is 15.4 Å². The number of benzene rings is 1. The highest BCUT2D eigenvalue weighted by Crippen LogP contribution is 2.28. The van der Waals surface area contributed by atoms with Crippen molar-refractivity contribution < 1.29 is 0 Å². The van der Waals surface area contributed by atoms with Crippen molar-refractivity contribution in [1.29, 1.82) is 0 Å². The van der Waals surface area contributed by atoms with Crippen LogP contribution in [0.4, 0.5) is 0 Å². The lowest BCUT2D eigenvalue weighted by Gasteiger charge is -2.16. The standard InChI is InChI=1S/C12H14Cl2N4/c1-2-15-10(11-7-16-18-17-11)6-8-4-3-5-9(13)12(8)14/h3-5,7,10,15H,2,6H2,1H3,(H,16,17,18). The highest BCUT2D eigenvalue weighted by atomic mass is 35.5. The molecule has 0 radical (unpaired) electrons. The van der Waals surface area contributed by atoms with E-state index in [-0.39, 0.29) is 6.04 Å². The van der Waals surface area contributed by atoms with E-state index in [1.54, 1.807) is 12.3 Å². The number of hydrogen-bond acceptors (Lipinski definition) is 3. The van der Waals surface area contributed by atoms with Gasteiger partial charge >= 0.3 is 0 Å². The zero-order valence-corrected chi connectivity index (χ0v) is 11.5. The van der Waals surface area contributed by atoms with Gasteiger partial charge in [0.25, 0.3) is 0 Å². The van der Waals surface area contributed by atoms with Crippen molar-refractivity contribution in [2.45, 2.75) is 19.4 Å². The minimum atomic E-state index is 0.0738. The molecule has 4 nitrogen and oxygen atoms in total. The number of H-pyrrole nitrogens is 1. The van der Waals surface area contributed by atoms with Gasteiger partial charge in [0.05, 0.1) is 28.0 Å². The highest BCUT2D eigenvalue weighted by Gasteiger charge is 2.16. The summed E-state index contributed by atoms with van der Waals surface area (Å²) in [6, 6.07) is 5.73. The van der Waals surface area contributed by atoms with Crippen molar-refractivity contribution in [3.8, 4) is 0 Å². The van der Waals surface area contributed by atoms with Gasteiger partial charge in [-0.25, -0.2) is 0 Å². The molecule has 0 aliphatic heterocycles. The molecule has 1 aromatic heterocycles. The van der Waals surface area contributed by atoms with E-state index >= 15 is 0 Å². The van der Waals surface area contributed by atoms with Crippen LogP contribution in [0.2, 0.25) is 10.0 Å². The molecule has 6 heteroatoms. The van der Waals surface area contributed by atoms with Crippen LogP contribution in [0, 0.1) is 0 Å². The van der Waals surface area contributed by atoms with E-state index in [0.29, 0.717) is 10.0 Å². The number of rotatable bonds is 5. The molecule has 1 aromatic carbocycles. The smallest absolute Gasteiger partial charge is 0.0997 e. The van der Waals surface area contributed by atoms with Crippen molar-refractivity contribution in [2.75, 3.05) is 6.54 Å². The minimum absolute atomic E-state index is 0.0738. The summed E-state index contributed by atoms with van der Waals surface area (Å²) in [5.74, 6) is 0. The molecule has 1 atom stereocenters. The second-order valence-electron chi connectivity index (χ2n) is 3.92. The lowest BCUT2D eigenvalue weighted by Crippen LogP contribution is -2.23. The van der Waals surface area contributed by atoms with Gasteiger partial charge in [-0.05, 0) is 24.6 Å². The fourth-order valence-corrected chi connectivity index (χ4v) is 2.23. The maximum atomic E-state index is 6.20. The predicted octanol–water partition coefficient (Wildman–Crippen LogP) is 3.00. The molecule has 1 unspecified atom stereocenters. The van der Waals surface area contributed by atoms with E-state index in [0.717, 1.165) is 24.2 Å². The fourth-order valence-electron chi connectivity index (χ4n) is 1.83. The Kier molecular flexibility index (Phi) is 4.58. The number of hydrogen-bond donors (Lipinski definition) is 2. The molecule has 0 aliphatic carbocycles. The Labute approximate surface area is 116 Å². The van der Waals surface area contributed by atoms with E-state index < -0.39 is 0 Å². The van der Waals surface area contributed by atoms with Crippen molar-refractivity contribution in [3.05, 3.63) is 45.7 Å². The molecule has 0 fully saturated rings. The molecule has 0 spiro atoms. The van der Waals surface area contributed by atoms with Gasteiger partial charge in [-0.15, -0.1) is 0 Å². The molecule has 1 heterocycles. The summed E-state index contributed by atoms with van der Waals surface area (Å²) in [5, 5.41) is 15.1. The average molecular weight is 285 g/mol. The molecule has 0 amide bonds. The van der Waals surface area contributed by atoms with E-state index in [1.807, 2.05) is 19.1 Å². The van der Waals surface area contributed by atoms with Crippen LogP contribution in [0.25, 0.3) is 0 Å². The summed E-state index contributed by atoms with van der Waals surface area (Å²) >= 11 is 12.2. The summed E-state index contributed by atoms with van der Waals surface area (Å²) < 4.78 is 0. The van der Waals surface area contributed by atoms with Crippen LogP contribution >= 0.6 is 23.2 Å². The van der Waals surface area contributed by atoms with Gasteiger partial charge in [0.1, 0.15) is 0 Å². The van der Waals surface area contributed by atoms with E-state index in [9.17, 15) is 0 Å². The molecule has 2 N–H and O–H groups in total. The number of aromatic nitrogens is 3. The van der Waals surface area contributed by atoms with Gasteiger partial charge in [0, 0.05) is 0 Å². The Hall–Kier alpha value is -1.10. The summed E-state index contributed by atoms with van der Waals surface area (Å²) in [6.07, 6.45) is 2.44. The SMILES string of the molecule is CCNC(Cc1cccc(Cl)c1Cl)c1cn[nH]n1. The number of aromatic amines is 1. The first-order chi connectivity index (χ1) is 8.72. The first-order valence-corrected chi connectivity index (χ1v) is 6.50. The first-order valence-electron chi connectivity index (χ1n) is 5.74. The Morgan fingerprint density at radius 1 is 1.39 bits per heavy atom. The number of nitrogens with zero attached hydrogens (tertiary/aromatic N) is 2. The van der Waals surface area contributed by atoms with E-state index in [4.69, 9.17) is 23.2 Å². The molecule has 0 saturated carbocycles. The summed E-state index contributed by atoms with van der Waals surface area (Å²) in [6.45, 7) is 2.89. The maximum absolute atomic E-state index is 6.20. The Morgan fingerprint density at radius 2 is 2.22 bits per heavy atom. The second-order valence-corrected chi connectivity index (χ2v) is 4.71. The molecule has 2 rings (SSSR count). The summed E-state index contributed by atoms with van der Waals surface area (Å²) in [4.78, 5) is 0. The van der Waals surface area contributed by atoms with Gasteiger partial charge in [-0.3, -0.25) is 0 Å². The monoisotopic (exact) mass is 284 g/mol. The van der Waals surface area contributed by atoms with Crippen molar-refractivity contribution in [3.63, 3.8) is 0 Å². The molecular formula is C12H14Cl2N4. The van der Waals surface area contributed by atoms with E-state index in [1.165, 1.54) is 0 Å². The van der Waals surface area contributed by atoms with Crippen molar-refractivity contribution in [1.82, 2.24) is 20.7 Å². The van der Waals surface area contributed by atoms with Crippen LogP contribution in [-0.4, -0.2) is 22.0 Å².